The lowest BCUT2D eigenvalue weighted by molar-refractivity contribution is 0.0923. The number of aromatic nitrogens is 1. The molecule has 9 nitrogen and oxygen atoms in total. The number of benzene rings is 2. The van der Waals surface area contributed by atoms with E-state index in [1.165, 1.54) is 20.4 Å². The highest BCUT2D eigenvalue weighted by Crippen LogP contribution is 2.38. The average Bonchev–Trinajstić information content (AvgIpc) is 3.56. The highest BCUT2D eigenvalue weighted by Gasteiger charge is 2.14. The lowest BCUT2D eigenvalue weighted by Crippen LogP contribution is -2.16. The second-order valence-electron chi connectivity index (χ2n) is 8.55. The third kappa shape index (κ3) is 6.51. The van der Waals surface area contributed by atoms with Crippen LogP contribution in [0.4, 0.5) is 0 Å². The second kappa shape index (κ2) is 12.6. The summed E-state index contributed by atoms with van der Waals surface area (Å²) in [5, 5.41) is 4.02. The standard InChI is InChI=1S/C30H31N3O6/c1-6-15-37-29-27(35-4)16-22(17-28(29)36-5)18-31-32-30(34)26-14-13-25(39-26)19-38-24-11-9-23(10-12-24)33-20(2)7-8-21(33)3/h6-14,16-18H,1,15,19H2,2-5H3,(H,32,34)/b31-18+. The molecule has 0 aliphatic rings. The molecule has 202 valence electrons. The fourth-order valence-electron chi connectivity index (χ4n) is 3.98. The van der Waals surface area contributed by atoms with Crippen LogP contribution in [0.15, 0.2) is 82.8 Å². The number of furan rings is 1. The van der Waals surface area contributed by atoms with Crippen LogP contribution in [0.25, 0.3) is 5.69 Å². The minimum Gasteiger partial charge on any atom is -0.493 e. The van der Waals surface area contributed by atoms with E-state index in [4.69, 9.17) is 23.4 Å². The monoisotopic (exact) mass is 529 g/mol. The smallest absolute Gasteiger partial charge is 0.307 e. The van der Waals surface area contributed by atoms with Gasteiger partial charge >= 0.3 is 5.91 Å². The third-order valence-corrected chi connectivity index (χ3v) is 5.84. The van der Waals surface area contributed by atoms with Gasteiger partial charge in [-0.2, -0.15) is 5.10 Å². The molecule has 1 amide bonds. The number of amides is 1. The van der Waals surface area contributed by atoms with Crippen molar-refractivity contribution >= 4 is 12.1 Å². The third-order valence-electron chi connectivity index (χ3n) is 5.84. The Morgan fingerprint density at radius 1 is 0.974 bits per heavy atom. The molecule has 0 aliphatic carbocycles. The van der Waals surface area contributed by atoms with Gasteiger partial charge in [-0.05, 0) is 74.5 Å². The summed E-state index contributed by atoms with van der Waals surface area (Å²) in [4.78, 5) is 12.5. The SMILES string of the molecule is C=CCOc1c(OC)cc(/C=N/NC(=O)c2ccc(COc3ccc(-n4c(C)ccc4C)cc3)o2)cc1OC. The first-order valence-corrected chi connectivity index (χ1v) is 12.2. The van der Waals surface area contributed by atoms with Crippen LogP contribution in [-0.2, 0) is 6.61 Å². The summed E-state index contributed by atoms with van der Waals surface area (Å²) in [5.41, 5.74) is 6.48. The van der Waals surface area contributed by atoms with Crippen LogP contribution >= 0.6 is 0 Å². The summed E-state index contributed by atoms with van der Waals surface area (Å²) in [5.74, 6) is 2.20. The Hall–Kier alpha value is -4.92. The summed E-state index contributed by atoms with van der Waals surface area (Å²) < 4.78 is 30.1. The predicted molar refractivity (Wildman–Crippen MR) is 149 cm³/mol. The van der Waals surface area contributed by atoms with E-state index in [2.05, 4.69) is 47.7 Å². The number of carbonyl (C=O) groups excluding carboxylic acids is 1. The lowest BCUT2D eigenvalue weighted by atomic mass is 10.2. The molecule has 9 heteroatoms. The van der Waals surface area contributed by atoms with Crippen molar-refractivity contribution in [1.82, 2.24) is 9.99 Å². The molecule has 0 saturated heterocycles. The number of hydrazone groups is 1. The number of aryl methyl sites for hydroxylation is 2. The molecule has 0 unspecified atom stereocenters. The van der Waals surface area contributed by atoms with Crippen LogP contribution in [0.3, 0.4) is 0 Å². The van der Waals surface area contributed by atoms with Gasteiger partial charge < -0.3 is 27.9 Å². The number of carbonyl (C=O) groups is 1. The molecule has 2 aromatic heterocycles. The molecule has 0 radical (unpaired) electrons. The summed E-state index contributed by atoms with van der Waals surface area (Å²) >= 11 is 0. The van der Waals surface area contributed by atoms with Crippen molar-refractivity contribution in [3.05, 3.63) is 102 Å². The summed E-state index contributed by atoms with van der Waals surface area (Å²) in [6.07, 6.45) is 3.09. The Bertz CT molecular complexity index is 1420. The molecular weight excluding hydrogens is 498 g/mol. The molecule has 4 rings (SSSR count). The van der Waals surface area contributed by atoms with Gasteiger partial charge in [-0.15, -0.1) is 0 Å². The number of ether oxygens (including phenoxy) is 4. The zero-order valence-corrected chi connectivity index (χ0v) is 22.4. The normalized spacial score (nSPS) is 10.9. The van der Waals surface area contributed by atoms with Crippen molar-refractivity contribution in [3.63, 3.8) is 0 Å². The van der Waals surface area contributed by atoms with Crippen LogP contribution in [0.5, 0.6) is 23.0 Å². The summed E-state index contributed by atoms with van der Waals surface area (Å²) in [6.45, 7) is 8.26. The van der Waals surface area contributed by atoms with Crippen molar-refractivity contribution in [3.8, 4) is 28.7 Å². The highest BCUT2D eigenvalue weighted by molar-refractivity contribution is 5.92. The number of nitrogens with zero attached hydrogens (tertiary/aromatic N) is 2. The number of rotatable bonds is 12. The Kier molecular flexibility index (Phi) is 8.73. The summed E-state index contributed by atoms with van der Waals surface area (Å²) in [6, 6.07) is 18.7. The Morgan fingerprint density at radius 3 is 2.26 bits per heavy atom. The first-order valence-electron chi connectivity index (χ1n) is 12.2. The van der Waals surface area contributed by atoms with Crippen LogP contribution in [0, 0.1) is 13.8 Å². The van der Waals surface area contributed by atoms with Gasteiger partial charge in [0.1, 0.15) is 24.7 Å². The minimum absolute atomic E-state index is 0.114. The molecule has 0 aliphatic heterocycles. The van der Waals surface area contributed by atoms with Crippen LogP contribution in [-0.4, -0.2) is 37.5 Å². The van der Waals surface area contributed by atoms with Gasteiger partial charge in [-0.25, -0.2) is 5.43 Å². The van der Waals surface area contributed by atoms with Gasteiger partial charge in [0.15, 0.2) is 17.3 Å². The Labute approximate surface area is 227 Å². The quantitative estimate of drug-likeness (QED) is 0.146. The molecule has 0 spiro atoms. The molecule has 2 heterocycles. The molecule has 39 heavy (non-hydrogen) atoms. The molecular formula is C30H31N3O6. The van der Waals surface area contributed by atoms with Crippen LogP contribution < -0.4 is 24.4 Å². The zero-order valence-electron chi connectivity index (χ0n) is 22.4. The Morgan fingerprint density at radius 2 is 1.64 bits per heavy atom. The van der Waals surface area contributed by atoms with Crippen molar-refractivity contribution in [1.29, 1.82) is 0 Å². The summed E-state index contributed by atoms with van der Waals surface area (Å²) in [7, 11) is 3.05. The van der Waals surface area contributed by atoms with Gasteiger partial charge in [0.25, 0.3) is 0 Å². The molecule has 2 aromatic carbocycles. The van der Waals surface area contributed by atoms with Gasteiger partial charge in [0, 0.05) is 22.6 Å². The first kappa shape index (κ1) is 27.1. The number of hydrogen-bond acceptors (Lipinski definition) is 7. The largest absolute Gasteiger partial charge is 0.493 e. The van der Waals surface area contributed by atoms with Crippen molar-refractivity contribution < 1.29 is 28.2 Å². The maximum Gasteiger partial charge on any atom is 0.307 e. The zero-order chi connectivity index (χ0) is 27.8. The van der Waals surface area contributed by atoms with E-state index in [9.17, 15) is 4.79 Å². The minimum atomic E-state index is -0.496. The first-order chi connectivity index (χ1) is 18.9. The van der Waals surface area contributed by atoms with Crippen molar-refractivity contribution in [2.24, 2.45) is 5.10 Å². The lowest BCUT2D eigenvalue weighted by Gasteiger charge is -2.14. The van der Waals surface area contributed by atoms with E-state index in [1.807, 2.05) is 24.3 Å². The van der Waals surface area contributed by atoms with E-state index in [0.29, 0.717) is 40.9 Å². The molecule has 0 saturated carbocycles. The molecule has 4 aromatic rings. The van der Waals surface area contributed by atoms with E-state index >= 15 is 0 Å². The van der Waals surface area contributed by atoms with Crippen LogP contribution in [0.1, 0.15) is 33.3 Å². The topological polar surface area (TPSA) is 96.5 Å². The number of nitrogens with one attached hydrogen (secondary N) is 1. The van der Waals surface area contributed by atoms with Crippen LogP contribution in [0.2, 0.25) is 0 Å². The fourth-order valence-corrected chi connectivity index (χ4v) is 3.98. The average molecular weight is 530 g/mol. The number of methoxy groups -OCH3 is 2. The Balaban J connectivity index is 1.33. The van der Waals surface area contributed by atoms with E-state index in [-0.39, 0.29) is 12.4 Å². The van der Waals surface area contributed by atoms with Gasteiger partial charge in [0.2, 0.25) is 5.75 Å². The van der Waals surface area contributed by atoms with E-state index in [0.717, 1.165) is 17.1 Å². The molecule has 1 N–H and O–H groups in total. The van der Waals surface area contributed by atoms with Gasteiger partial charge in [-0.3, -0.25) is 4.79 Å². The van der Waals surface area contributed by atoms with E-state index < -0.39 is 5.91 Å². The highest BCUT2D eigenvalue weighted by atomic mass is 16.5. The fraction of sp³-hybridized carbons (Fsp3) is 0.200. The van der Waals surface area contributed by atoms with Crippen molar-refractivity contribution in [2.45, 2.75) is 20.5 Å². The maximum absolute atomic E-state index is 12.5. The number of hydrogen-bond donors (Lipinski definition) is 1. The second-order valence-corrected chi connectivity index (χ2v) is 8.55. The van der Waals surface area contributed by atoms with E-state index in [1.54, 1.807) is 30.3 Å². The van der Waals surface area contributed by atoms with Gasteiger partial charge in [-0.1, -0.05) is 12.7 Å². The predicted octanol–water partition coefficient (Wildman–Crippen LogP) is 5.61. The maximum atomic E-state index is 12.5. The molecule has 0 bridgehead atoms. The van der Waals surface area contributed by atoms with Gasteiger partial charge in [0.05, 0.1) is 20.4 Å². The van der Waals surface area contributed by atoms with Crippen molar-refractivity contribution in [2.75, 3.05) is 20.8 Å². The molecule has 0 atom stereocenters. The molecule has 0 fully saturated rings.